The highest BCUT2D eigenvalue weighted by Gasteiger charge is 2.24. The second-order valence-electron chi connectivity index (χ2n) is 6.17. The van der Waals surface area contributed by atoms with Gasteiger partial charge in [0.25, 0.3) is 5.91 Å². The fraction of sp³-hybridized carbons (Fsp3) is 0.316. The Morgan fingerprint density at radius 2 is 2.00 bits per heavy atom. The molecule has 0 saturated heterocycles. The standard InChI is InChI=1S/C19H22N4O2/c1-12-10-13(2)23-18(21-12)16(11-20-23)19(24)22(4)14(3)15-8-6-7-9-17(15)25-5/h6-11,14H,1-5H3/t14-/m1/s1. The van der Waals surface area contributed by atoms with E-state index in [0.717, 1.165) is 22.7 Å². The molecular weight excluding hydrogens is 316 g/mol. The molecule has 25 heavy (non-hydrogen) atoms. The van der Waals surface area contributed by atoms with Crippen LogP contribution in [0.15, 0.2) is 36.5 Å². The van der Waals surface area contributed by atoms with Gasteiger partial charge in [0.15, 0.2) is 5.65 Å². The fourth-order valence-electron chi connectivity index (χ4n) is 3.01. The van der Waals surface area contributed by atoms with Crippen LogP contribution in [0.1, 0.15) is 40.3 Å². The van der Waals surface area contributed by atoms with Gasteiger partial charge in [-0.3, -0.25) is 4.79 Å². The van der Waals surface area contributed by atoms with Gasteiger partial charge >= 0.3 is 0 Å². The predicted molar refractivity (Wildman–Crippen MR) is 96.0 cm³/mol. The number of benzene rings is 1. The third-order valence-corrected chi connectivity index (χ3v) is 4.50. The van der Waals surface area contributed by atoms with Crippen LogP contribution in [0, 0.1) is 13.8 Å². The molecule has 3 aromatic rings. The summed E-state index contributed by atoms with van der Waals surface area (Å²) in [6.07, 6.45) is 1.59. The van der Waals surface area contributed by atoms with Crippen LogP contribution in [0.25, 0.3) is 5.65 Å². The minimum absolute atomic E-state index is 0.120. The topological polar surface area (TPSA) is 59.7 Å². The largest absolute Gasteiger partial charge is 0.496 e. The van der Waals surface area contributed by atoms with Crippen molar-refractivity contribution in [2.24, 2.45) is 0 Å². The van der Waals surface area contributed by atoms with Crippen LogP contribution in [0.5, 0.6) is 5.75 Å². The van der Waals surface area contributed by atoms with Gasteiger partial charge in [0.1, 0.15) is 11.3 Å². The lowest BCUT2D eigenvalue weighted by Gasteiger charge is -2.26. The molecule has 0 N–H and O–H groups in total. The van der Waals surface area contributed by atoms with Gasteiger partial charge in [0.2, 0.25) is 0 Å². The number of nitrogens with zero attached hydrogens (tertiary/aromatic N) is 4. The lowest BCUT2D eigenvalue weighted by atomic mass is 10.1. The highest BCUT2D eigenvalue weighted by molar-refractivity contribution is 5.99. The highest BCUT2D eigenvalue weighted by Crippen LogP contribution is 2.29. The third-order valence-electron chi connectivity index (χ3n) is 4.50. The van der Waals surface area contributed by atoms with E-state index in [2.05, 4.69) is 10.1 Å². The van der Waals surface area contributed by atoms with E-state index in [1.165, 1.54) is 0 Å². The molecule has 3 rings (SSSR count). The summed E-state index contributed by atoms with van der Waals surface area (Å²) in [5.41, 5.74) is 3.84. The Labute approximate surface area is 147 Å². The normalized spacial score (nSPS) is 12.2. The van der Waals surface area contributed by atoms with E-state index >= 15 is 0 Å². The van der Waals surface area contributed by atoms with Crippen LogP contribution in [0.2, 0.25) is 0 Å². The highest BCUT2D eigenvalue weighted by atomic mass is 16.5. The second kappa shape index (κ2) is 6.55. The number of amides is 1. The molecule has 0 bridgehead atoms. The molecule has 1 atom stereocenters. The first-order chi connectivity index (χ1) is 11.9. The van der Waals surface area contributed by atoms with E-state index < -0.39 is 0 Å². The van der Waals surface area contributed by atoms with Gasteiger partial charge in [0.05, 0.1) is 19.3 Å². The second-order valence-corrected chi connectivity index (χ2v) is 6.17. The first-order valence-electron chi connectivity index (χ1n) is 8.16. The van der Waals surface area contributed by atoms with Crippen LogP contribution in [-0.4, -0.2) is 39.6 Å². The van der Waals surface area contributed by atoms with Gasteiger partial charge < -0.3 is 9.64 Å². The fourth-order valence-corrected chi connectivity index (χ4v) is 3.01. The molecular formula is C19H22N4O2. The Kier molecular flexibility index (Phi) is 4.44. The Balaban J connectivity index is 1.98. The monoisotopic (exact) mass is 338 g/mol. The smallest absolute Gasteiger partial charge is 0.259 e. The minimum atomic E-state index is -0.149. The summed E-state index contributed by atoms with van der Waals surface area (Å²) in [5, 5.41) is 4.31. The van der Waals surface area contributed by atoms with Gasteiger partial charge in [-0.25, -0.2) is 9.50 Å². The Morgan fingerprint density at radius 1 is 1.28 bits per heavy atom. The molecule has 0 spiro atoms. The van der Waals surface area contributed by atoms with Gasteiger partial charge in [-0.15, -0.1) is 0 Å². The van der Waals surface area contributed by atoms with Crippen molar-refractivity contribution in [3.05, 3.63) is 59.0 Å². The van der Waals surface area contributed by atoms with Crippen LogP contribution >= 0.6 is 0 Å². The number of para-hydroxylation sites is 1. The van der Waals surface area contributed by atoms with Gasteiger partial charge in [-0.1, -0.05) is 18.2 Å². The first kappa shape index (κ1) is 17.0. The number of hydrogen-bond acceptors (Lipinski definition) is 4. The van der Waals surface area contributed by atoms with E-state index in [4.69, 9.17) is 4.74 Å². The number of aryl methyl sites for hydroxylation is 2. The molecule has 0 aliphatic rings. The van der Waals surface area contributed by atoms with Crippen LogP contribution in [0.4, 0.5) is 0 Å². The average Bonchev–Trinajstić information content (AvgIpc) is 3.03. The van der Waals surface area contributed by atoms with Crippen molar-refractivity contribution in [2.75, 3.05) is 14.2 Å². The van der Waals surface area contributed by atoms with E-state index in [-0.39, 0.29) is 11.9 Å². The average molecular weight is 338 g/mol. The van der Waals surface area contributed by atoms with E-state index in [0.29, 0.717) is 11.2 Å². The summed E-state index contributed by atoms with van der Waals surface area (Å²) < 4.78 is 7.12. The third kappa shape index (κ3) is 2.95. The van der Waals surface area contributed by atoms with E-state index in [1.54, 1.807) is 29.8 Å². The van der Waals surface area contributed by atoms with Crippen LogP contribution < -0.4 is 4.74 Å². The lowest BCUT2D eigenvalue weighted by Crippen LogP contribution is -2.30. The summed E-state index contributed by atoms with van der Waals surface area (Å²) >= 11 is 0. The first-order valence-corrected chi connectivity index (χ1v) is 8.16. The SMILES string of the molecule is COc1ccccc1[C@@H](C)N(C)C(=O)c1cnn2c(C)cc(C)nc12. The maximum absolute atomic E-state index is 13.0. The number of carbonyl (C=O) groups excluding carboxylic acids is 1. The van der Waals surface area contributed by atoms with Crippen molar-refractivity contribution in [1.82, 2.24) is 19.5 Å². The summed E-state index contributed by atoms with van der Waals surface area (Å²) in [4.78, 5) is 19.2. The van der Waals surface area contributed by atoms with Gasteiger partial charge in [-0.2, -0.15) is 5.10 Å². The molecule has 130 valence electrons. The van der Waals surface area contributed by atoms with E-state index in [9.17, 15) is 4.79 Å². The van der Waals surface area contributed by atoms with Crippen molar-refractivity contribution in [2.45, 2.75) is 26.8 Å². The van der Waals surface area contributed by atoms with Crippen molar-refractivity contribution in [1.29, 1.82) is 0 Å². The molecule has 0 saturated carbocycles. The number of fused-ring (bicyclic) bond motifs is 1. The number of rotatable bonds is 4. The van der Waals surface area contributed by atoms with Gasteiger partial charge in [-0.05, 0) is 32.9 Å². The summed E-state index contributed by atoms with van der Waals surface area (Å²) in [6, 6.07) is 9.51. The summed E-state index contributed by atoms with van der Waals surface area (Å²) in [5.74, 6) is 0.644. The molecule has 0 unspecified atom stereocenters. The van der Waals surface area contributed by atoms with E-state index in [1.807, 2.05) is 51.1 Å². The van der Waals surface area contributed by atoms with Crippen LogP contribution in [-0.2, 0) is 0 Å². The molecule has 0 aliphatic carbocycles. The molecule has 0 aliphatic heterocycles. The molecule has 0 fully saturated rings. The van der Waals surface area contributed by atoms with Crippen molar-refractivity contribution in [3.8, 4) is 5.75 Å². The van der Waals surface area contributed by atoms with Crippen molar-refractivity contribution in [3.63, 3.8) is 0 Å². The Morgan fingerprint density at radius 3 is 2.72 bits per heavy atom. The number of aromatic nitrogens is 3. The number of carbonyl (C=O) groups is 1. The maximum Gasteiger partial charge on any atom is 0.259 e. The minimum Gasteiger partial charge on any atom is -0.496 e. The predicted octanol–water partition coefficient (Wildman–Crippen LogP) is 3.19. The Bertz CT molecular complexity index is 932. The number of ether oxygens (including phenoxy) is 1. The molecule has 2 heterocycles. The van der Waals surface area contributed by atoms with Gasteiger partial charge in [0, 0.05) is 24.0 Å². The quantitative estimate of drug-likeness (QED) is 0.733. The molecule has 1 aromatic carbocycles. The zero-order valence-electron chi connectivity index (χ0n) is 15.1. The van der Waals surface area contributed by atoms with Crippen LogP contribution in [0.3, 0.4) is 0 Å². The number of methoxy groups -OCH3 is 1. The Hall–Kier alpha value is -2.89. The molecule has 1 amide bonds. The maximum atomic E-state index is 13.0. The summed E-state index contributed by atoms with van der Waals surface area (Å²) in [7, 11) is 3.42. The molecule has 2 aromatic heterocycles. The van der Waals surface area contributed by atoms with Crippen molar-refractivity contribution >= 4 is 11.6 Å². The lowest BCUT2D eigenvalue weighted by molar-refractivity contribution is 0.0743. The number of hydrogen-bond donors (Lipinski definition) is 0. The molecule has 6 nitrogen and oxygen atoms in total. The summed E-state index contributed by atoms with van der Waals surface area (Å²) in [6.45, 7) is 5.84. The molecule has 0 radical (unpaired) electrons. The zero-order valence-corrected chi connectivity index (χ0v) is 15.1. The van der Waals surface area contributed by atoms with Crippen molar-refractivity contribution < 1.29 is 9.53 Å². The zero-order chi connectivity index (χ0) is 18.1. The molecule has 6 heteroatoms.